The second-order valence-electron chi connectivity index (χ2n) is 4.68. The molecular formula is C13H21NO4. The molecule has 1 rings (SSSR count). The summed E-state index contributed by atoms with van der Waals surface area (Å²) in [6.07, 6.45) is 3.18. The molecule has 1 saturated carbocycles. The van der Waals surface area contributed by atoms with Crippen LogP contribution in [0.15, 0.2) is 12.2 Å². The summed E-state index contributed by atoms with van der Waals surface area (Å²) in [5.41, 5.74) is 0.309. The highest BCUT2D eigenvalue weighted by molar-refractivity contribution is 5.95. The first-order valence-electron chi connectivity index (χ1n) is 6.23. The van der Waals surface area contributed by atoms with Crippen LogP contribution in [0.25, 0.3) is 0 Å². The zero-order chi connectivity index (χ0) is 13.7. The van der Waals surface area contributed by atoms with Crippen LogP contribution in [0.1, 0.15) is 39.0 Å². The van der Waals surface area contributed by atoms with Crippen molar-refractivity contribution in [1.29, 1.82) is 0 Å². The van der Waals surface area contributed by atoms with Gasteiger partial charge in [-0.3, -0.25) is 4.79 Å². The maximum atomic E-state index is 12.1. The molecule has 0 spiro atoms. The summed E-state index contributed by atoms with van der Waals surface area (Å²) in [6.45, 7) is 5.16. The lowest BCUT2D eigenvalue weighted by Crippen LogP contribution is -2.52. The number of nitrogens with zero attached hydrogens (tertiary/aromatic N) is 1. The van der Waals surface area contributed by atoms with Crippen molar-refractivity contribution in [2.75, 3.05) is 7.11 Å². The van der Waals surface area contributed by atoms with E-state index in [0.717, 1.165) is 32.1 Å². The highest BCUT2D eigenvalue weighted by Crippen LogP contribution is 2.25. The topological polar surface area (TPSA) is 66.8 Å². The summed E-state index contributed by atoms with van der Waals surface area (Å²) in [5.74, 6) is -1.20. The number of aliphatic hydroxyl groups excluding tert-OH is 1. The number of ether oxygens (including phenoxy) is 1. The third-order valence-electron chi connectivity index (χ3n) is 3.24. The summed E-state index contributed by atoms with van der Waals surface area (Å²) >= 11 is 0. The predicted octanol–water partition coefficient (Wildman–Crippen LogP) is 1.22. The minimum absolute atomic E-state index is 0.114. The van der Waals surface area contributed by atoms with Crippen molar-refractivity contribution in [2.45, 2.75) is 51.3 Å². The van der Waals surface area contributed by atoms with E-state index in [0.29, 0.717) is 5.57 Å². The third-order valence-corrected chi connectivity index (χ3v) is 3.24. The molecule has 1 aliphatic rings. The average molecular weight is 255 g/mol. The van der Waals surface area contributed by atoms with Crippen molar-refractivity contribution in [3.63, 3.8) is 0 Å². The lowest BCUT2D eigenvalue weighted by atomic mass is 9.93. The van der Waals surface area contributed by atoms with Crippen molar-refractivity contribution < 1.29 is 19.4 Å². The molecular weight excluding hydrogens is 234 g/mol. The number of amides is 1. The van der Waals surface area contributed by atoms with Crippen molar-refractivity contribution in [3.05, 3.63) is 12.2 Å². The van der Waals surface area contributed by atoms with Gasteiger partial charge < -0.3 is 14.7 Å². The Kier molecular flexibility index (Phi) is 5.34. The van der Waals surface area contributed by atoms with Gasteiger partial charge in [-0.2, -0.15) is 0 Å². The molecule has 18 heavy (non-hydrogen) atoms. The fraction of sp³-hybridized carbons (Fsp3) is 0.692. The van der Waals surface area contributed by atoms with Crippen molar-refractivity contribution >= 4 is 11.9 Å². The van der Waals surface area contributed by atoms with Crippen LogP contribution in [0.2, 0.25) is 0 Å². The van der Waals surface area contributed by atoms with Gasteiger partial charge in [-0.1, -0.05) is 25.8 Å². The molecule has 0 aromatic rings. The predicted molar refractivity (Wildman–Crippen MR) is 66.6 cm³/mol. The quantitative estimate of drug-likeness (QED) is 0.466. The van der Waals surface area contributed by atoms with Gasteiger partial charge >= 0.3 is 5.97 Å². The molecule has 5 nitrogen and oxygen atoms in total. The zero-order valence-corrected chi connectivity index (χ0v) is 11.0. The van der Waals surface area contributed by atoms with Crippen LogP contribution < -0.4 is 0 Å². The van der Waals surface area contributed by atoms with E-state index < -0.39 is 12.2 Å². The van der Waals surface area contributed by atoms with Crippen molar-refractivity contribution in [1.82, 2.24) is 4.90 Å². The Morgan fingerprint density at radius 2 is 1.89 bits per heavy atom. The van der Waals surface area contributed by atoms with Crippen LogP contribution in [0.3, 0.4) is 0 Å². The Hall–Kier alpha value is -1.36. The fourth-order valence-electron chi connectivity index (χ4n) is 2.28. The van der Waals surface area contributed by atoms with E-state index in [4.69, 9.17) is 0 Å². The molecule has 1 aliphatic carbocycles. The fourth-order valence-corrected chi connectivity index (χ4v) is 2.28. The third kappa shape index (κ3) is 3.32. The average Bonchev–Trinajstić information content (AvgIpc) is 2.38. The largest absolute Gasteiger partial charge is 0.466 e. The van der Waals surface area contributed by atoms with Gasteiger partial charge in [0.25, 0.3) is 5.91 Å². The SMILES string of the molecule is C=C(C)C(=O)N(C1CCCCC1)C(O)C(=O)OC. The van der Waals surface area contributed by atoms with Crippen LogP contribution in [-0.2, 0) is 14.3 Å². The van der Waals surface area contributed by atoms with Crippen molar-refractivity contribution in [2.24, 2.45) is 0 Å². The van der Waals surface area contributed by atoms with Crippen LogP contribution in [0, 0.1) is 0 Å². The van der Waals surface area contributed by atoms with Crippen LogP contribution in [-0.4, -0.2) is 41.3 Å². The number of rotatable bonds is 4. The summed E-state index contributed by atoms with van der Waals surface area (Å²) < 4.78 is 4.50. The molecule has 1 atom stereocenters. The maximum Gasteiger partial charge on any atom is 0.356 e. The highest BCUT2D eigenvalue weighted by atomic mass is 16.5. The van der Waals surface area contributed by atoms with E-state index in [-0.39, 0.29) is 11.9 Å². The molecule has 5 heteroatoms. The van der Waals surface area contributed by atoms with Gasteiger partial charge in [-0.15, -0.1) is 0 Å². The van der Waals surface area contributed by atoms with Gasteiger partial charge in [0.15, 0.2) is 0 Å². The van der Waals surface area contributed by atoms with E-state index in [2.05, 4.69) is 11.3 Å². The monoisotopic (exact) mass is 255 g/mol. The van der Waals surface area contributed by atoms with Gasteiger partial charge in [0.2, 0.25) is 6.23 Å². The molecule has 1 fully saturated rings. The second kappa shape index (κ2) is 6.54. The van der Waals surface area contributed by atoms with E-state index in [1.807, 2.05) is 0 Å². The minimum atomic E-state index is -1.54. The Morgan fingerprint density at radius 3 is 2.33 bits per heavy atom. The van der Waals surface area contributed by atoms with Gasteiger partial charge in [-0.25, -0.2) is 4.79 Å². The molecule has 1 unspecified atom stereocenters. The molecule has 1 N–H and O–H groups in total. The van der Waals surface area contributed by atoms with Crippen LogP contribution in [0.5, 0.6) is 0 Å². The summed E-state index contributed by atoms with van der Waals surface area (Å²) in [4.78, 5) is 24.7. The maximum absolute atomic E-state index is 12.1. The molecule has 102 valence electrons. The lowest BCUT2D eigenvalue weighted by Gasteiger charge is -2.36. The van der Waals surface area contributed by atoms with Gasteiger partial charge in [0.1, 0.15) is 0 Å². The van der Waals surface area contributed by atoms with Crippen LogP contribution in [0.4, 0.5) is 0 Å². The minimum Gasteiger partial charge on any atom is -0.466 e. The summed E-state index contributed by atoms with van der Waals surface area (Å²) in [5, 5.41) is 9.94. The molecule has 0 aromatic carbocycles. The van der Waals surface area contributed by atoms with E-state index in [1.165, 1.54) is 12.0 Å². The van der Waals surface area contributed by atoms with Gasteiger partial charge in [0.05, 0.1) is 7.11 Å². The number of aliphatic hydroxyl groups is 1. The number of carbonyl (C=O) groups excluding carboxylic acids is 2. The Balaban J connectivity index is 2.89. The normalized spacial score (nSPS) is 17.9. The summed E-state index contributed by atoms with van der Waals surface area (Å²) in [7, 11) is 1.19. The zero-order valence-electron chi connectivity index (χ0n) is 11.0. The number of methoxy groups -OCH3 is 1. The molecule has 0 aromatic heterocycles. The molecule has 1 amide bonds. The Bertz CT molecular complexity index is 334. The standard InChI is InChI=1S/C13H21NO4/c1-9(2)11(15)14(12(16)13(17)18-3)10-7-5-4-6-8-10/h10,12,16H,1,4-8H2,2-3H3. The Labute approximate surface area is 107 Å². The molecule has 0 saturated heterocycles. The smallest absolute Gasteiger partial charge is 0.356 e. The van der Waals surface area contributed by atoms with Crippen LogP contribution >= 0.6 is 0 Å². The first-order valence-corrected chi connectivity index (χ1v) is 6.23. The number of hydrogen-bond donors (Lipinski definition) is 1. The highest BCUT2D eigenvalue weighted by Gasteiger charge is 2.35. The molecule has 0 radical (unpaired) electrons. The number of carbonyl (C=O) groups is 2. The molecule has 0 bridgehead atoms. The first-order chi connectivity index (χ1) is 8.49. The number of esters is 1. The first kappa shape index (κ1) is 14.7. The number of hydrogen-bond acceptors (Lipinski definition) is 4. The lowest BCUT2D eigenvalue weighted by molar-refractivity contribution is -0.170. The molecule has 0 heterocycles. The van der Waals surface area contributed by atoms with Gasteiger partial charge in [0, 0.05) is 11.6 Å². The van der Waals surface area contributed by atoms with Crippen molar-refractivity contribution in [3.8, 4) is 0 Å². The summed E-state index contributed by atoms with van der Waals surface area (Å²) in [6, 6.07) is -0.114. The van der Waals surface area contributed by atoms with Gasteiger partial charge in [-0.05, 0) is 19.8 Å². The second-order valence-corrected chi connectivity index (χ2v) is 4.68. The molecule has 0 aliphatic heterocycles. The van der Waals surface area contributed by atoms with E-state index >= 15 is 0 Å². The Morgan fingerprint density at radius 1 is 1.33 bits per heavy atom. The van der Waals surface area contributed by atoms with E-state index in [9.17, 15) is 14.7 Å². The van der Waals surface area contributed by atoms with E-state index in [1.54, 1.807) is 6.92 Å².